The molecular weight excluding hydrogens is 232 g/mol. The first-order valence-corrected chi connectivity index (χ1v) is 5.48. The molecule has 18 heavy (non-hydrogen) atoms. The molecule has 2 rings (SSSR count). The molecule has 0 atom stereocenters. The Bertz CT molecular complexity index is 577. The van der Waals surface area contributed by atoms with E-state index in [9.17, 15) is 4.79 Å². The SMILES string of the molecule is Cc1nn(C)cc1CNc1cnccc1C(=O)O. The van der Waals surface area contributed by atoms with Gasteiger partial charge in [0, 0.05) is 31.5 Å². The van der Waals surface area contributed by atoms with E-state index in [-0.39, 0.29) is 5.56 Å². The first kappa shape index (κ1) is 12.1. The highest BCUT2D eigenvalue weighted by Gasteiger charge is 2.10. The van der Waals surface area contributed by atoms with E-state index >= 15 is 0 Å². The second kappa shape index (κ2) is 4.87. The molecule has 94 valence electrons. The van der Waals surface area contributed by atoms with E-state index in [0.717, 1.165) is 11.3 Å². The lowest BCUT2D eigenvalue weighted by Crippen LogP contribution is -2.07. The Kier molecular flexibility index (Phi) is 3.27. The third-order valence-corrected chi connectivity index (χ3v) is 2.64. The first-order chi connectivity index (χ1) is 8.58. The number of nitrogens with one attached hydrogen (secondary N) is 1. The highest BCUT2D eigenvalue weighted by Crippen LogP contribution is 2.15. The Balaban J connectivity index is 2.15. The summed E-state index contributed by atoms with van der Waals surface area (Å²) in [6.45, 7) is 2.43. The molecule has 0 saturated carbocycles. The lowest BCUT2D eigenvalue weighted by molar-refractivity contribution is 0.0698. The summed E-state index contributed by atoms with van der Waals surface area (Å²) >= 11 is 0. The summed E-state index contributed by atoms with van der Waals surface area (Å²) in [7, 11) is 1.85. The van der Waals surface area contributed by atoms with E-state index in [2.05, 4.69) is 15.4 Å². The highest BCUT2D eigenvalue weighted by molar-refractivity contribution is 5.93. The normalized spacial score (nSPS) is 10.3. The number of aromatic carboxylic acids is 1. The summed E-state index contributed by atoms with van der Waals surface area (Å²) in [5.74, 6) is -0.970. The van der Waals surface area contributed by atoms with Crippen molar-refractivity contribution >= 4 is 11.7 Å². The van der Waals surface area contributed by atoms with Crippen LogP contribution in [0.4, 0.5) is 5.69 Å². The molecule has 0 spiro atoms. The predicted octanol–water partition coefficient (Wildman–Crippen LogP) is 1.43. The monoisotopic (exact) mass is 246 g/mol. The number of nitrogens with zero attached hydrogens (tertiary/aromatic N) is 3. The van der Waals surface area contributed by atoms with Crippen molar-refractivity contribution in [3.8, 4) is 0 Å². The molecule has 0 aliphatic heterocycles. The Labute approximate surface area is 104 Å². The second-order valence-electron chi connectivity index (χ2n) is 3.99. The fraction of sp³-hybridized carbons (Fsp3) is 0.250. The Morgan fingerprint density at radius 3 is 2.94 bits per heavy atom. The number of hydrogen-bond acceptors (Lipinski definition) is 4. The van der Waals surface area contributed by atoms with Gasteiger partial charge in [-0.15, -0.1) is 0 Å². The molecule has 0 amide bonds. The quantitative estimate of drug-likeness (QED) is 0.853. The maximum absolute atomic E-state index is 11.0. The molecule has 2 aromatic heterocycles. The van der Waals surface area contributed by atoms with Crippen molar-refractivity contribution in [3.63, 3.8) is 0 Å². The number of rotatable bonds is 4. The Hall–Kier alpha value is -2.37. The van der Waals surface area contributed by atoms with Crippen LogP contribution in [0.1, 0.15) is 21.6 Å². The van der Waals surface area contributed by atoms with Crippen LogP contribution in [0.2, 0.25) is 0 Å². The van der Waals surface area contributed by atoms with Crippen LogP contribution in [0.3, 0.4) is 0 Å². The van der Waals surface area contributed by atoms with Crippen molar-refractivity contribution in [1.29, 1.82) is 0 Å². The molecule has 2 N–H and O–H groups in total. The zero-order valence-corrected chi connectivity index (χ0v) is 10.2. The van der Waals surface area contributed by atoms with Gasteiger partial charge in [0.15, 0.2) is 0 Å². The predicted molar refractivity (Wildman–Crippen MR) is 66.5 cm³/mol. The minimum Gasteiger partial charge on any atom is -0.478 e. The lowest BCUT2D eigenvalue weighted by Gasteiger charge is -2.07. The van der Waals surface area contributed by atoms with Gasteiger partial charge < -0.3 is 10.4 Å². The number of anilines is 1. The van der Waals surface area contributed by atoms with Gasteiger partial charge in [-0.3, -0.25) is 9.67 Å². The molecular formula is C12H14N4O2. The van der Waals surface area contributed by atoms with Gasteiger partial charge in [0.2, 0.25) is 0 Å². The van der Waals surface area contributed by atoms with E-state index in [0.29, 0.717) is 12.2 Å². The number of carboxylic acid groups (broad SMARTS) is 1. The van der Waals surface area contributed by atoms with Crippen LogP contribution in [-0.4, -0.2) is 25.8 Å². The van der Waals surface area contributed by atoms with Gasteiger partial charge in [0.25, 0.3) is 0 Å². The molecule has 0 unspecified atom stereocenters. The third kappa shape index (κ3) is 2.48. The summed E-state index contributed by atoms with van der Waals surface area (Å²) < 4.78 is 1.73. The number of aryl methyl sites for hydroxylation is 2. The summed E-state index contributed by atoms with van der Waals surface area (Å²) in [5.41, 5.74) is 2.67. The molecule has 2 aromatic rings. The molecule has 0 saturated heterocycles. The smallest absolute Gasteiger partial charge is 0.337 e. The fourth-order valence-electron chi connectivity index (χ4n) is 1.73. The van der Waals surface area contributed by atoms with Crippen LogP contribution in [0.15, 0.2) is 24.7 Å². The molecule has 0 aliphatic rings. The van der Waals surface area contributed by atoms with Gasteiger partial charge in [-0.05, 0) is 13.0 Å². The molecule has 0 aromatic carbocycles. The second-order valence-corrected chi connectivity index (χ2v) is 3.99. The van der Waals surface area contributed by atoms with Gasteiger partial charge in [0.1, 0.15) is 0 Å². The molecule has 6 nitrogen and oxygen atoms in total. The average Bonchev–Trinajstić information content (AvgIpc) is 2.65. The molecule has 0 bridgehead atoms. The third-order valence-electron chi connectivity index (χ3n) is 2.64. The van der Waals surface area contributed by atoms with Crippen LogP contribution < -0.4 is 5.32 Å². The van der Waals surface area contributed by atoms with Crippen LogP contribution in [-0.2, 0) is 13.6 Å². The zero-order chi connectivity index (χ0) is 13.1. The van der Waals surface area contributed by atoms with E-state index in [1.165, 1.54) is 18.5 Å². The van der Waals surface area contributed by atoms with Gasteiger partial charge in [-0.25, -0.2) is 4.79 Å². The van der Waals surface area contributed by atoms with E-state index < -0.39 is 5.97 Å². The lowest BCUT2D eigenvalue weighted by atomic mass is 10.2. The average molecular weight is 246 g/mol. The molecule has 2 heterocycles. The molecule has 0 radical (unpaired) electrons. The number of pyridine rings is 1. The van der Waals surface area contributed by atoms with Crippen molar-refractivity contribution in [2.75, 3.05) is 5.32 Å². The first-order valence-electron chi connectivity index (χ1n) is 5.48. The molecule has 6 heteroatoms. The van der Waals surface area contributed by atoms with E-state index in [1.54, 1.807) is 4.68 Å². The van der Waals surface area contributed by atoms with Crippen molar-refractivity contribution in [2.45, 2.75) is 13.5 Å². The van der Waals surface area contributed by atoms with Crippen molar-refractivity contribution < 1.29 is 9.90 Å². The topological polar surface area (TPSA) is 80.0 Å². The maximum atomic E-state index is 11.0. The largest absolute Gasteiger partial charge is 0.478 e. The van der Waals surface area contributed by atoms with Gasteiger partial charge in [-0.1, -0.05) is 0 Å². The molecule has 0 aliphatic carbocycles. The Morgan fingerprint density at radius 1 is 1.56 bits per heavy atom. The summed E-state index contributed by atoms with van der Waals surface area (Å²) in [6, 6.07) is 1.47. The van der Waals surface area contributed by atoms with Gasteiger partial charge in [-0.2, -0.15) is 5.10 Å². The van der Waals surface area contributed by atoms with Crippen molar-refractivity contribution in [2.24, 2.45) is 7.05 Å². The van der Waals surface area contributed by atoms with Crippen molar-refractivity contribution in [1.82, 2.24) is 14.8 Å². The number of hydrogen-bond donors (Lipinski definition) is 2. The minimum atomic E-state index is -0.970. The summed E-state index contributed by atoms with van der Waals surface area (Å²) in [5, 5.41) is 16.3. The number of carboxylic acids is 1. The van der Waals surface area contributed by atoms with Crippen LogP contribution >= 0.6 is 0 Å². The van der Waals surface area contributed by atoms with Gasteiger partial charge >= 0.3 is 5.97 Å². The van der Waals surface area contributed by atoms with E-state index in [1.807, 2.05) is 20.2 Å². The number of aromatic nitrogens is 3. The highest BCUT2D eigenvalue weighted by atomic mass is 16.4. The summed E-state index contributed by atoms with van der Waals surface area (Å²) in [6.07, 6.45) is 4.87. The summed E-state index contributed by atoms with van der Waals surface area (Å²) in [4.78, 5) is 14.9. The van der Waals surface area contributed by atoms with E-state index in [4.69, 9.17) is 5.11 Å². The van der Waals surface area contributed by atoms with Crippen LogP contribution in [0.25, 0.3) is 0 Å². The number of carbonyl (C=O) groups is 1. The van der Waals surface area contributed by atoms with Crippen LogP contribution in [0.5, 0.6) is 0 Å². The van der Waals surface area contributed by atoms with Crippen molar-refractivity contribution in [3.05, 3.63) is 41.5 Å². The van der Waals surface area contributed by atoms with Gasteiger partial charge in [0.05, 0.1) is 23.1 Å². The zero-order valence-electron chi connectivity index (χ0n) is 10.2. The fourth-order valence-corrected chi connectivity index (χ4v) is 1.73. The minimum absolute atomic E-state index is 0.214. The Morgan fingerprint density at radius 2 is 2.33 bits per heavy atom. The standard InChI is InChI=1S/C12H14N4O2/c1-8-9(7-16(2)15-8)5-14-11-6-13-4-3-10(11)12(17)18/h3-4,6-7,14H,5H2,1-2H3,(H,17,18). The maximum Gasteiger partial charge on any atom is 0.337 e. The van der Waals surface area contributed by atoms with Crippen LogP contribution in [0, 0.1) is 6.92 Å². The molecule has 0 fully saturated rings.